The first kappa shape index (κ1) is 15.0. The number of carbonyl (C=O) groups excluding carboxylic acids is 1. The van der Waals surface area contributed by atoms with Crippen LogP contribution in [-0.2, 0) is 4.79 Å². The van der Waals surface area contributed by atoms with Crippen LogP contribution in [0.15, 0.2) is 42.7 Å². The number of aromatic nitrogens is 1. The summed E-state index contributed by atoms with van der Waals surface area (Å²) in [7, 11) is 1.59. The van der Waals surface area contributed by atoms with Crippen molar-refractivity contribution in [1.82, 2.24) is 4.98 Å². The fourth-order valence-electron chi connectivity index (χ4n) is 2.03. The zero-order chi connectivity index (χ0) is 15.2. The maximum atomic E-state index is 12.0. The van der Waals surface area contributed by atoms with Gasteiger partial charge in [0.05, 0.1) is 12.8 Å². The van der Waals surface area contributed by atoms with Crippen LogP contribution in [0.2, 0.25) is 0 Å². The minimum atomic E-state index is -0.181. The van der Waals surface area contributed by atoms with E-state index in [0.717, 1.165) is 11.1 Å². The average molecular weight is 285 g/mol. The molecule has 2 rings (SSSR count). The summed E-state index contributed by atoms with van der Waals surface area (Å²) in [5, 5.41) is 2.90. The summed E-state index contributed by atoms with van der Waals surface area (Å²) in [5.41, 5.74) is 8.25. The minimum absolute atomic E-state index is 0.117. The number of nitrogens with two attached hydrogens (primary N) is 1. The van der Waals surface area contributed by atoms with E-state index in [-0.39, 0.29) is 18.4 Å². The maximum Gasteiger partial charge on any atom is 0.225 e. The largest absolute Gasteiger partial charge is 0.497 e. The molecule has 5 nitrogen and oxygen atoms in total. The number of methoxy groups -OCH3 is 1. The van der Waals surface area contributed by atoms with Gasteiger partial charge in [0.25, 0.3) is 0 Å². The number of nitrogens with zero attached hydrogens (tertiary/aromatic N) is 1. The van der Waals surface area contributed by atoms with Crippen LogP contribution < -0.4 is 15.8 Å². The molecule has 1 aromatic carbocycles. The smallest absolute Gasteiger partial charge is 0.225 e. The predicted octanol–water partition coefficient (Wildman–Crippen LogP) is 2.43. The fraction of sp³-hybridized carbons (Fsp3) is 0.250. The monoisotopic (exact) mass is 285 g/mol. The molecule has 0 spiro atoms. The number of benzene rings is 1. The number of pyridine rings is 1. The van der Waals surface area contributed by atoms with Crippen LogP contribution in [0, 0.1) is 0 Å². The average Bonchev–Trinajstić information content (AvgIpc) is 2.47. The Kier molecular flexibility index (Phi) is 4.90. The Hall–Kier alpha value is -2.40. The molecule has 0 aliphatic rings. The van der Waals surface area contributed by atoms with Crippen LogP contribution in [0.1, 0.15) is 13.3 Å². The molecule has 1 atom stereocenters. The third kappa shape index (κ3) is 4.03. The summed E-state index contributed by atoms with van der Waals surface area (Å²) in [5.74, 6) is 0.567. The van der Waals surface area contributed by atoms with Gasteiger partial charge in [0.15, 0.2) is 0 Å². The second-order valence-corrected chi connectivity index (χ2v) is 4.88. The molecule has 2 aromatic rings. The lowest BCUT2D eigenvalue weighted by molar-refractivity contribution is -0.116. The Balaban J connectivity index is 2.34. The second kappa shape index (κ2) is 6.85. The predicted molar refractivity (Wildman–Crippen MR) is 83.1 cm³/mol. The van der Waals surface area contributed by atoms with Crippen molar-refractivity contribution in [3.63, 3.8) is 0 Å². The van der Waals surface area contributed by atoms with E-state index < -0.39 is 0 Å². The van der Waals surface area contributed by atoms with Gasteiger partial charge in [0.2, 0.25) is 5.91 Å². The number of carbonyl (C=O) groups is 1. The molecule has 1 aromatic heterocycles. The van der Waals surface area contributed by atoms with Crippen molar-refractivity contribution in [2.45, 2.75) is 19.4 Å². The Morgan fingerprint density at radius 2 is 2.05 bits per heavy atom. The zero-order valence-corrected chi connectivity index (χ0v) is 12.2. The van der Waals surface area contributed by atoms with Crippen LogP contribution >= 0.6 is 0 Å². The van der Waals surface area contributed by atoms with E-state index in [1.54, 1.807) is 32.5 Å². The van der Waals surface area contributed by atoms with Crippen molar-refractivity contribution in [3.8, 4) is 16.9 Å². The summed E-state index contributed by atoms with van der Waals surface area (Å²) < 4.78 is 5.22. The van der Waals surface area contributed by atoms with E-state index in [0.29, 0.717) is 11.4 Å². The Morgan fingerprint density at radius 3 is 2.67 bits per heavy atom. The molecular weight excluding hydrogens is 266 g/mol. The minimum Gasteiger partial charge on any atom is -0.497 e. The van der Waals surface area contributed by atoms with Gasteiger partial charge < -0.3 is 15.8 Å². The SMILES string of the molecule is COc1ccc(-c2ccncc2)c(NC(=O)CC(C)N)c1. The highest BCUT2D eigenvalue weighted by Crippen LogP contribution is 2.31. The standard InChI is InChI=1S/C16H19N3O2/c1-11(17)9-16(20)19-15-10-13(21-2)3-4-14(15)12-5-7-18-8-6-12/h3-8,10-11H,9,17H2,1-2H3,(H,19,20). The Labute approximate surface area is 124 Å². The molecule has 0 fully saturated rings. The van der Waals surface area contributed by atoms with Crippen molar-refractivity contribution in [2.24, 2.45) is 5.73 Å². The number of hydrogen-bond donors (Lipinski definition) is 2. The lowest BCUT2D eigenvalue weighted by Crippen LogP contribution is -2.24. The van der Waals surface area contributed by atoms with E-state index in [4.69, 9.17) is 10.5 Å². The van der Waals surface area contributed by atoms with Gasteiger partial charge in [-0.15, -0.1) is 0 Å². The molecule has 5 heteroatoms. The summed E-state index contributed by atoms with van der Waals surface area (Å²) in [4.78, 5) is 16.0. The first-order chi connectivity index (χ1) is 10.1. The highest BCUT2D eigenvalue weighted by atomic mass is 16.5. The number of rotatable bonds is 5. The van der Waals surface area contributed by atoms with Crippen LogP contribution in [-0.4, -0.2) is 24.0 Å². The van der Waals surface area contributed by atoms with Gasteiger partial charge >= 0.3 is 0 Å². The van der Waals surface area contributed by atoms with Gasteiger partial charge in [-0.3, -0.25) is 9.78 Å². The van der Waals surface area contributed by atoms with Crippen LogP contribution in [0.5, 0.6) is 5.75 Å². The molecule has 110 valence electrons. The molecule has 0 aliphatic heterocycles. The van der Waals surface area contributed by atoms with Gasteiger partial charge in [-0.25, -0.2) is 0 Å². The van der Waals surface area contributed by atoms with Gasteiger partial charge in [-0.1, -0.05) is 0 Å². The number of amides is 1. The molecule has 0 aliphatic carbocycles. The van der Waals surface area contributed by atoms with Gasteiger partial charge in [-0.05, 0) is 36.8 Å². The fourth-order valence-corrected chi connectivity index (χ4v) is 2.03. The van der Waals surface area contributed by atoms with E-state index in [9.17, 15) is 4.79 Å². The molecule has 3 N–H and O–H groups in total. The van der Waals surface area contributed by atoms with Crippen LogP contribution in [0.25, 0.3) is 11.1 Å². The molecule has 0 saturated heterocycles. The van der Waals surface area contributed by atoms with E-state index in [1.165, 1.54) is 0 Å². The number of nitrogens with one attached hydrogen (secondary N) is 1. The van der Waals surface area contributed by atoms with E-state index >= 15 is 0 Å². The molecule has 0 saturated carbocycles. The molecule has 21 heavy (non-hydrogen) atoms. The van der Waals surface area contributed by atoms with Crippen LogP contribution in [0.3, 0.4) is 0 Å². The zero-order valence-electron chi connectivity index (χ0n) is 12.2. The molecule has 1 amide bonds. The number of ether oxygens (including phenoxy) is 1. The van der Waals surface area contributed by atoms with Crippen molar-refractivity contribution in [1.29, 1.82) is 0 Å². The molecule has 0 radical (unpaired) electrons. The third-order valence-electron chi connectivity index (χ3n) is 3.00. The van der Waals surface area contributed by atoms with Gasteiger partial charge in [0.1, 0.15) is 5.75 Å². The summed E-state index contributed by atoms with van der Waals surface area (Å²) >= 11 is 0. The van der Waals surface area contributed by atoms with Crippen molar-refractivity contribution in [2.75, 3.05) is 12.4 Å². The Morgan fingerprint density at radius 1 is 1.33 bits per heavy atom. The van der Waals surface area contributed by atoms with Gasteiger partial charge in [0, 0.05) is 36.5 Å². The Bertz CT molecular complexity index is 612. The van der Waals surface area contributed by atoms with Crippen molar-refractivity contribution < 1.29 is 9.53 Å². The summed E-state index contributed by atoms with van der Waals surface area (Å²) in [6, 6.07) is 9.17. The second-order valence-electron chi connectivity index (χ2n) is 4.88. The first-order valence-electron chi connectivity index (χ1n) is 6.74. The normalized spacial score (nSPS) is 11.8. The topological polar surface area (TPSA) is 77.2 Å². The highest BCUT2D eigenvalue weighted by Gasteiger charge is 2.11. The summed E-state index contributed by atoms with van der Waals surface area (Å²) in [6.07, 6.45) is 3.70. The highest BCUT2D eigenvalue weighted by molar-refractivity contribution is 5.96. The maximum absolute atomic E-state index is 12.0. The molecule has 0 bridgehead atoms. The van der Waals surface area contributed by atoms with Crippen LogP contribution in [0.4, 0.5) is 5.69 Å². The molecule has 1 unspecified atom stereocenters. The lowest BCUT2D eigenvalue weighted by Gasteiger charge is -2.13. The molecule has 1 heterocycles. The third-order valence-corrected chi connectivity index (χ3v) is 3.00. The number of anilines is 1. The van der Waals surface area contributed by atoms with Crippen molar-refractivity contribution >= 4 is 11.6 Å². The lowest BCUT2D eigenvalue weighted by atomic mass is 10.0. The molecular formula is C16H19N3O2. The first-order valence-corrected chi connectivity index (χ1v) is 6.74. The van der Waals surface area contributed by atoms with Gasteiger partial charge in [-0.2, -0.15) is 0 Å². The summed E-state index contributed by atoms with van der Waals surface area (Å²) in [6.45, 7) is 1.80. The van der Waals surface area contributed by atoms with E-state index in [1.807, 2.05) is 24.3 Å². The van der Waals surface area contributed by atoms with E-state index in [2.05, 4.69) is 10.3 Å². The van der Waals surface area contributed by atoms with Crippen molar-refractivity contribution in [3.05, 3.63) is 42.7 Å². The quantitative estimate of drug-likeness (QED) is 0.884. The number of hydrogen-bond acceptors (Lipinski definition) is 4.